The van der Waals surface area contributed by atoms with E-state index < -0.39 is 0 Å². The van der Waals surface area contributed by atoms with Crippen LogP contribution in [0, 0.1) is 0 Å². The van der Waals surface area contributed by atoms with E-state index >= 15 is 0 Å². The van der Waals surface area contributed by atoms with Crippen LogP contribution in [0.5, 0.6) is 0 Å². The van der Waals surface area contributed by atoms with Crippen LogP contribution in [0.1, 0.15) is 12.5 Å². The molecular weight excluding hydrogens is 222 g/mol. The van der Waals surface area contributed by atoms with Crippen LogP contribution in [0.2, 0.25) is 0 Å². The molecule has 0 atom stereocenters. The number of carbonyl (C=O) groups excluding carboxylic acids is 1. The number of hydrogen-bond donors (Lipinski definition) is 3. The Morgan fingerprint density at radius 1 is 1.56 bits per heavy atom. The van der Waals surface area contributed by atoms with Crippen molar-refractivity contribution in [1.82, 2.24) is 4.90 Å². The fourth-order valence-corrected chi connectivity index (χ4v) is 1.61. The number of carbonyl (C=O) groups is 1. The highest BCUT2D eigenvalue weighted by atomic mass is 32.1. The van der Waals surface area contributed by atoms with Crippen LogP contribution in [0.15, 0.2) is 24.3 Å². The number of nitrogens with zero attached hydrogens (tertiary/aromatic N) is 1. The summed E-state index contributed by atoms with van der Waals surface area (Å²) >= 11 is 4.09. The molecule has 1 aromatic rings. The van der Waals surface area contributed by atoms with Crippen molar-refractivity contribution in [2.75, 3.05) is 17.7 Å². The van der Waals surface area contributed by atoms with Crippen LogP contribution in [-0.2, 0) is 6.54 Å². The normalized spacial score (nSPS) is 9.94. The SMILES string of the molecule is CCN(CS)C(=O)Nc1cccc(CN)c1. The van der Waals surface area contributed by atoms with Crippen molar-refractivity contribution in [3.05, 3.63) is 29.8 Å². The molecule has 0 unspecified atom stereocenters. The lowest BCUT2D eigenvalue weighted by atomic mass is 10.2. The van der Waals surface area contributed by atoms with E-state index in [9.17, 15) is 4.79 Å². The summed E-state index contributed by atoms with van der Waals surface area (Å²) in [5, 5.41) is 2.80. The van der Waals surface area contributed by atoms with E-state index in [2.05, 4.69) is 17.9 Å². The summed E-state index contributed by atoms with van der Waals surface area (Å²) in [6.07, 6.45) is 0. The molecule has 0 fully saturated rings. The summed E-state index contributed by atoms with van der Waals surface area (Å²) in [4.78, 5) is 13.3. The van der Waals surface area contributed by atoms with E-state index in [4.69, 9.17) is 5.73 Å². The van der Waals surface area contributed by atoms with Crippen LogP contribution >= 0.6 is 12.6 Å². The summed E-state index contributed by atoms with van der Waals surface area (Å²) in [6.45, 7) is 3.01. The van der Waals surface area contributed by atoms with E-state index in [-0.39, 0.29) is 6.03 Å². The highest BCUT2D eigenvalue weighted by molar-refractivity contribution is 7.80. The van der Waals surface area contributed by atoms with Gasteiger partial charge in [-0.05, 0) is 24.6 Å². The number of hydrogen-bond acceptors (Lipinski definition) is 3. The number of benzene rings is 1. The van der Waals surface area contributed by atoms with Crippen molar-refractivity contribution in [3.63, 3.8) is 0 Å². The van der Waals surface area contributed by atoms with E-state index in [0.29, 0.717) is 19.0 Å². The lowest BCUT2D eigenvalue weighted by Crippen LogP contribution is -2.33. The Morgan fingerprint density at radius 3 is 2.88 bits per heavy atom. The van der Waals surface area contributed by atoms with Crippen LogP contribution in [-0.4, -0.2) is 23.4 Å². The Kier molecular flexibility index (Phi) is 5.14. The Labute approximate surface area is 101 Å². The third-order valence-corrected chi connectivity index (χ3v) is 2.60. The Morgan fingerprint density at radius 2 is 2.31 bits per heavy atom. The first kappa shape index (κ1) is 12.9. The van der Waals surface area contributed by atoms with Gasteiger partial charge in [0.05, 0.1) is 5.88 Å². The molecule has 0 aliphatic heterocycles. The molecule has 0 aliphatic rings. The van der Waals surface area contributed by atoms with Crippen molar-refractivity contribution in [2.45, 2.75) is 13.5 Å². The quantitative estimate of drug-likeness (QED) is 0.555. The smallest absolute Gasteiger partial charge is 0.322 e. The van der Waals surface area contributed by atoms with E-state index in [0.717, 1.165) is 11.3 Å². The number of anilines is 1. The summed E-state index contributed by atoms with van der Waals surface area (Å²) in [5.41, 5.74) is 7.28. The van der Waals surface area contributed by atoms with Gasteiger partial charge in [-0.1, -0.05) is 12.1 Å². The standard InChI is InChI=1S/C11H17N3OS/c1-2-14(8-16)11(15)13-10-5-3-4-9(6-10)7-12/h3-6,16H,2,7-8,12H2,1H3,(H,13,15). The summed E-state index contributed by atoms with van der Waals surface area (Å²) in [5.74, 6) is 0.402. The molecular formula is C11H17N3OS. The largest absolute Gasteiger partial charge is 0.326 e. The maximum absolute atomic E-state index is 11.7. The zero-order valence-electron chi connectivity index (χ0n) is 9.31. The van der Waals surface area contributed by atoms with Gasteiger partial charge in [0, 0.05) is 18.8 Å². The fraction of sp³-hybridized carbons (Fsp3) is 0.364. The Hall–Kier alpha value is -1.20. The minimum absolute atomic E-state index is 0.147. The zero-order valence-corrected chi connectivity index (χ0v) is 10.2. The maximum Gasteiger partial charge on any atom is 0.322 e. The van der Waals surface area contributed by atoms with Crippen molar-refractivity contribution >= 4 is 24.3 Å². The first-order chi connectivity index (χ1) is 7.71. The lowest BCUT2D eigenvalue weighted by Gasteiger charge is -2.18. The van der Waals surface area contributed by atoms with Crippen molar-refractivity contribution < 1.29 is 4.79 Å². The second-order valence-electron chi connectivity index (χ2n) is 3.33. The Balaban J connectivity index is 2.68. The monoisotopic (exact) mass is 239 g/mol. The molecule has 4 nitrogen and oxygen atoms in total. The molecule has 0 spiro atoms. The Bertz CT molecular complexity index is 353. The van der Waals surface area contributed by atoms with Gasteiger partial charge in [-0.25, -0.2) is 4.79 Å². The molecule has 2 amide bonds. The highest BCUT2D eigenvalue weighted by Gasteiger charge is 2.09. The van der Waals surface area contributed by atoms with Crippen molar-refractivity contribution in [1.29, 1.82) is 0 Å². The number of urea groups is 1. The van der Waals surface area contributed by atoms with E-state index in [1.165, 1.54) is 0 Å². The molecule has 5 heteroatoms. The van der Waals surface area contributed by atoms with Crippen molar-refractivity contribution in [2.24, 2.45) is 5.73 Å². The van der Waals surface area contributed by atoms with Gasteiger partial charge in [-0.3, -0.25) is 0 Å². The molecule has 0 heterocycles. The zero-order chi connectivity index (χ0) is 12.0. The molecule has 1 aromatic carbocycles. The minimum Gasteiger partial charge on any atom is -0.326 e. The molecule has 0 aromatic heterocycles. The topological polar surface area (TPSA) is 58.4 Å². The van der Waals surface area contributed by atoms with Crippen LogP contribution in [0.3, 0.4) is 0 Å². The first-order valence-electron chi connectivity index (χ1n) is 5.17. The van der Waals surface area contributed by atoms with Crippen LogP contribution in [0.4, 0.5) is 10.5 Å². The predicted molar refractivity (Wildman–Crippen MR) is 69.6 cm³/mol. The van der Waals surface area contributed by atoms with E-state index in [1.807, 2.05) is 31.2 Å². The average molecular weight is 239 g/mol. The molecule has 88 valence electrons. The molecule has 0 saturated carbocycles. The van der Waals surface area contributed by atoms with Gasteiger partial charge >= 0.3 is 6.03 Å². The van der Waals surface area contributed by atoms with Gasteiger partial charge in [0.2, 0.25) is 0 Å². The second-order valence-corrected chi connectivity index (χ2v) is 3.61. The average Bonchev–Trinajstić information content (AvgIpc) is 2.31. The molecule has 0 aliphatic carbocycles. The summed E-state index contributed by atoms with van der Waals surface area (Å²) in [6, 6.07) is 7.35. The molecule has 0 radical (unpaired) electrons. The van der Waals surface area contributed by atoms with Gasteiger partial charge in [-0.2, -0.15) is 12.6 Å². The van der Waals surface area contributed by atoms with E-state index in [1.54, 1.807) is 4.90 Å². The van der Waals surface area contributed by atoms with Crippen molar-refractivity contribution in [3.8, 4) is 0 Å². The van der Waals surface area contributed by atoms with Gasteiger partial charge in [-0.15, -0.1) is 0 Å². The summed E-state index contributed by atoms with van der Waals surface area (Å²) in [7, 11) is 0. The number of nitrogens with one attached hydrogen (secondary N) is 1. The predicted octanol–water partition coefficient (Wildman–Crippen LogP) is 1.89. The third-order valence-electron chi connectivity index (χ3n) is 2.25. The lowest BCUT2D eigenvalue weighted by molar-refractivity contribution is 0.223. The number of thiol groups is 1. The van der Waals surface area contributed by atoms with Gasteiger partial charge < -0.3 is 16.0 Å². The fourth-order valence-electron chi connectivity index (χ4n) is 1.29. The van der Waals surface area contributed by atoms with Gasteiger partial charge in [0.25, 0.3) is 0 Å². The van der Waals surface area contributed by atoms with Crippen LogP contribution in [0.25, 0.3) is 0 Å². The molecule has 0 saturated heterocycles. The minimum atomic E-state index is -0.147. The van der Waals surface area contributed by atoms with Gasteiger partial charge in [0.1, 0.15) is 0 Å². The second kappa shape index (κ2) is 6.40. The number of amides is 2. The van der Waals surface area contributed by atoms with Crippen LogP contribution < -0.4 is 11.1 Å². The summed E-state index contributed by atoms with van der Waals surface area (Å²) < 4.78 is 0. The number of nitrogens with two attached hydrogens (primary N) is 1. The molecule has 0 bridgehead atoms. The molecule has 3 N–H and O–H groups in total. The highest BCUT2D eigenvalue weighted by Crippen LogP contribution is 2.11. The maximum atomic E-state index is 11.7. The molecule has 1 rings (SSSR count). The molecule has 16 heavy (non-hydrogen) atoms. The number of rotatable bonds is 4. The first-order valence-corrected chi connectivity index (χ1v) is 5.80. The van der Waals surface area contributed by atoms with Gasteiger partial charge in [0.15, 0.2) is 0 Å². The third kappa shape index (κ3) is 3.43.